The lowest BCUT2D eigenvalue weighted by molar-refractivity contribution is -0.128. The summed E-state index contributed by atoms with van der Waals surface area (Å²) >= 11 is 0. The lowest BCUT2D eigenvalue weighted by Gasteiger charge is -2.19. The van der Waals surface area contributed by atoms with Crippen LogP contribution < -0.4 is 10.1 Å². The average Bonchev–Trinajstić information content (AvgIpc) is 2.79. The van der Waals surface area contributed by atoms with Gasteiger partial charge in [-0.25, -0.2) is 4.79 Å². The van der Waals surface area contributed by atoms with Gasteiger partial charge >= 0.3 is 6.03 Å². The molecule has 5 heteroatoms. The Morgan fingerprint density at radius 2 is 1.79 bits per heavy atom. The van der Waals surface area contributed by atoms with Crippen LogP contribution in [0.3, 0.4) is 0 Å². The SMILES string of the molecule is CC(C)[C@H]1NC(=O)N(CCCOc2ccc(C(C)(C)C)cc2)C1=O. The van der Waals surface area contributed by atoms with Crippen LogP contribution in [0, 0.1) is 5.92 Å². The van der Waals surface area contributed by atoms with Crippen LogP contribution >= 0.6 is 0 Å². The fourth-order valence-electron chi connectivity index (χ4n) is 2.67. The van der Waals surface area contributed by atoms with E-state index in [4.69, 9.17) is 4.74 Å². The molecule has 1 fully saturated rings. The smallest absolute Gasteiger partial charge is 0.324 e. The number of hydrogen-bond donors (Lipinski definition) is 1. The highest BCUT2D eigenvalue weighted by atomic mass is 16.5. The van der Waals surface area contributed by atoms with Crippen molar-refractivity contribution in [2.24, 2.45) is 5.92 Å². The molecule has 0 saturated carbocycles. The van der Waals surface area contributed by atoms with E-state index in [9.17, 15) is 9.59 Å². The Morgan fingerprint density at radius 3 is 2.29 bits per heavy atom. The van der Waals surface area contributed by atoms with Gasteiger partial charge in [-0.3, -0.25) is 9.69 Å². The maximum atomic E-state index is 12.2. The van der Waals surface area contributed by atoms with E-state index in [0.29, 0.717) is 19.6 Å². The van der Waals surface area contributed by atoms with Gasteiger partial charge in [-0.05, 0) is 35.4 Å². The van der Waals surface area contributed by atoms with Crippen molar-refractivity contribution in [3.63, 3.8) is 0 Å². The Bertz CT molecular complexity index is 588. The van der Waals surface area contributed by atoms with Gasteiger partial charge in [-0.15, -0.1) is 0 Å². The van der Waals surface area contributed by atoms with E-state index in [1.165, 1.54) is 10.5 Å². The van der Waals surface area contributed by atoms with Crippen molar-refractivity contribution in [1.29, 1.82) is 0 Å². The number of benzene rings is 1. The summed E-state index contributed by atoms with van der Waals surface area (Å²) in [5.41, 5.74) is 1.38. The van der Waals surface area contributed by atoms with E-state index in [-0.39, 0.29) is 23.3 Å². The highest BCUT2D eigenvalue weighted by Gasteiger charge is 2.38. The van der Waals surface area contributed by atoms with Crippen LogP contribution in [0.4, 0.5) is 4.79 Å². The molecule has 1 aliphatic heterocycles. The number of amides is 3. The Kier molecular flexibility index (Phi) is 5.52. The van der Waals surface area contributed by atoms with Crippen molar-refractivity contribution in [2.75, 3.05) is 13.2 Å². The number of ether oxygens (including phenoxy) is 1. The normalized spacial score (nSPS) is 18.2. The van der Waals surface area contributed by atoms with Crippen LogP contribution in [-0.2, 0) is 10.2 Å². The van der Waals surface area contributed by atoms with Gasteiger partial charge in [0.25, 0.3) is 5.91 Å². The number of rotatable bonds is 6. The molecule has 5 nitrogen and oxygen atoms in total. The second-order valence-electron chi connectivity index (χ2n) is 7.64. The van der Waals surface area contributed by atoms with E-state index in [0.717, 1.165) is 5.75 Å². The summed E-state index contributed by atoms with van der Waals surface area (Å²) in [4.78, 5) is 25.3. The zero-order chi connectivity index (χ0) is 17.9. The maximum Gasteiger partial charge on any atom is 0.324 e. The highest BCUT2D eigenvalue weighted by Crippen LogP contribution is 2.24. The number of urea groups is 1. The molecule has 0 aliphatic carbocycles. The molecule has 0 aromatic heterocycles. The third kappa shape index (κ3) is 4.28. The number of imide groups is 1. The van der Waals surface area contributed by atoms with Gasteiger partial charge in [-0.2, -0.15) is 0 Å². The molecule has 1 N–H and O–H groups in total. The van der Waals surface area contributed by atoms with Crippen molar-refractivity contribution < 1.29 is 14.3 Å². The first-order valence-corrected chi connectivity index (χ1v) is 8.55. The minimum atomic E-state index is -0.400. The molecule has 3 amide bonds. The fraction of sp³-hybridized carbons (Fsp3) is 0.579. The lowest BCUT2D eigenvalue weighted by Crippen LogP contribution is -2.35. The molecule has 132 valence electrons. The second-order valence-corrected chi connectivity index (χ2v) is 7.64. The molecule has 0 radical (unpaired) electrons. The molecule has 1 aliphatic rings. The van der Waals surface area contributed by atoms with Gasteiger partial charge in [-0.1, -0.05) is 46.8 Å². The molecule has 2 rings (SSSR count). The number of carbonyl (C=O) groups excluding carboxylic acids is 2. The van der Waals surface area contributed by atoms with E-state index < -0.39 is 6.04 Å². The monoisotopic (exact) mass is 332 g/mol. The molecule has 24 heavy (non-hydrogen) atoms. The number of nitrogens with one attached hydrogen (secondary N) is 1. The minimum Gasteiger partial charge on any atom is -0.494 e. The van der Waals surface area contributed by atoms with Crippen LogP contribution in [-0.4, -0.2) is 36.0 Å². The summed E-state index contributed by atoms with van der Waals surface area (Å²) < 4.78 is 5.71. The molecular formula is C19H28N2O3. The molecule has 0 spiro atoms. The van der Waals surface area contributed by atoms with Gasteiger partial charge in [0, 0.05) is 6.54 Å². The highest BCUT2D eigenvalue weighted by molar-refractivity contribution is 6.04. The van der Waals surface area contributed by atoms with Gasteiger partial charge in [0.2, 0.25) is 0 Å². The number of carbonyl (C=O) groups is 2. The van der Waals surface area contributed by atoms with Crippen LogP contribution in [0.15, 0.2) is 24.3 Å². The molecule has 0 bridgehead atoms. The van der Waals surface area contributed by atoms with Crippen LogP contribution in [0.2, 0.25) is 0 Å². The topological polar surface area (TPSA) is 58.6 Å². The lowest BCUT2D eigenvalue weighted by atomic mass is 9.87. The van der Waals surface area contributed by atoms with Crippen LogP contribution in [0.1, 0.15) is 46.6 Å². The standard InChI is InChI=1S/C19H28N2O3/c1-13(2)16-17(22)21(18(23)20-16)11-6-12-24-15-9-7-14(8-10-15)19(3,4)5/h7-10,13,16H,6,11-12H2,1-5H3,(H,20,23)/t16-/m1/s1. The Hall–Kier alpha value is -2.04. The average molecular weight is 332 g/mol. The summed E-state index contributed by atoms with van der Waals surface area (Å²) in [6.45, 7) is 11.2. The predicted molar refractivity (Wildman–Crippen MR) is 94.1 cm³/mol. The quantitative estimate of drug-likeness (QED) is 0.642. The van der Waals surface area contributed by atoms with Crippen LogP contribution in [0.5, 0.6) is 5.75 Å². The van der Waals surface area contributed by atoms with Gasteiger partial charge < -0.3 is 10.1 Å². The van der Waals surface area contributed by atoms with Crippen LogP contribution in [0.25, 0.3) is 0 Å². The van der Waals surface area contributed by atoms with Crippen molar-refractivity contribution in [1.82, 2.24) is 10.2 Å². The van der Waals surface area contributed by atoms with E-state index in [1.807, 2.05) is 26.0 Å². The molecule has 1 saturated heterocycles. The molecule has 1 atom stereocenters. The summed E-state index contributed by atoms with van der Waals surface area (Å²) in [6, 6.07) is 7.36. The first kappa shape index (κ1) is 18.3. The summed E-state index contributed by atoms with van der Waals surface area (Å²) in [6.07, 6.45) is 0.616. The zero-order valence-electron chi connectivity index (χ0n) is 15.3. The second kappa shape index (κ2) is 7.24. The summed E-state index contributed by atoms with van der Waals surface area (Å²) in [7, 11) is 0. The Balaban J connectivity index is 1.79. The van der Waals surface area contributed by atoms with E-state index >= 15 is 0 Å². The molecule has 1 heterocycles. The Labute approximate surface area is 144 Å². The fourth-order valence-corrected chi connectivity index (χ4v) is 2.67. The Morgan fingerprint density at radius 1 is 1.17 bits per heavy atom. The van der Waals surface area contributed by atoms with Crippen molar-refractivity contribution in [3.05, 3.63) is 29.8 Å². The maximum absolute atomic E-state index is 12.2. The third-order valence-corrected chi connectivity index (χ3v) is 4.24. The molecule has 1 aromatic rings. The zero-order valence-corrected chi connectivity index (χ0v) is 15.3. The third-order valence-electron chi connectivity index (χ3n) is 4.24. The molecule has 0 unspecified atom stereocenters. The first-order chi connectivity index (χ1) is 11.2. The van der Waals surface area contributed by atoms with Gasteiger partial charge in [0.15, 0.2) is 0 Å². The summed E-state index contributed by atoms with van der Waals surface area (Å²) in [5, 5.41) is 2.73. The number of nitrogens with zero attached hydrogens (tertiary/aromatic N) is 1. The molecular weight excluding hydrogens is 304 g/mol. The molecule has 1 aromatic carbocycles. The van der Waals surface area contributed by atoms with Gasteiger partial charge in [0.05, 0.1) is 6.61 Å². The van der Waals surface area contributed by atoms with Crippen molar-refractivity contribution in [2.45, 2.75) is 52.5 Å². The largest absolute Gasteiger partial charge is 0.494 e. The van der Waals surface area contributed by atoms with E-state index in [1.54, 1.807) is 0 Å². The van der Waals surface area contributed by atoms with Crippen molar-refractivity contribution >= 4 is 11.9 Å². The van der Waals surface area contributed by atoms with Gasteiger partial charge in [0.1, 0.15) is 11.8 Å². The number of hydrogen-bond acceptors (Lipinski definition) is 3. The van der Waals surface area contributed by atoms with Crippen molar-refractivity contribution in [3.8, 4) is 5.75 Å². The minimum absolute atomic E-state index is 0.101. The predicted octanol–water partition coefficient (Wildman–Crippen LogP) is 3.33. The van der Waals surface area contributed by atoms with E-state index in [2.05, 4.69) is 38.2 Å². The first-order valence-electron chi connectivity index (χ1n) is 8.55. The summed E-state index contributed by atoms with van der Waals surface area (Å²) in [5.74, 6) is 0.772.